The molecule has 1 amide bonds. The molecule has 6 nitrogen and oxygen atoms in total. The van der Waals surface area contributed by atoms with E-state index in [-0.39, 0.29) is 24.2 Å². The molecule has 2 aromatic rings. The largest absolute Gasteiger partial charge is 0.346 e. The summed E-state index contributed by atoms with van der Waals surface area (Å²) in [4.78, 5) is 35.6. The van der Waals surface area contributed by atoms with Gasteiger partial charge in [-0.1, -0.05) is 6.42 Å². The number of aromatic amines is 1. The molecule has 2 fully saturated rings. The Morgan fingerprint density at radius 1 is 1.27 bits per heavy atom. The lowest BCUT2D eigenvalue weighted by Crippen LogP contribution is -2.35. The van der Waals surface area contributed by atoms with Crippen molar-refractivity contribution in [2.45, 2.75) is 25.7 Å². The van der Waals surface area contributed by atoms with E-state index in [4.69, 9.17) is 0 Å². The van der Waals surface area contributed by atoms with Gasteiger partial charge in [0.25, 0.3) is 5.91 Å². The molecular weight excluding hydrogens is 280 g/mol. The van der Waals surface area contributed by atoms with E-state index in [0.717, 1.165) is 12.3 Å². The molecule has 0 aromatic carbocycles. The number of nitrogens with zero attached hydrogens (tertiary/aromatic N) is 2. The summed E-state index contributed by atoms with van der Waals surface area (Å²) in [7, 11) is 0. The average molecular weight is 298 g/mol. The van der Waals surface area contributed by atoms with Crippen molar-refractivity contribution in [3.63, 3.8) is 0 Å². The second-order valence-electron chi connectivity index (χ2n) is 6.39. The topological polar surface area (TPSA) is 87.7 Å². The number of rotatable bonds is 4. The molecule has 0 radical (unpaired) electrons. The van der Waals surface area contributed by atoms with Crippen molar-refractivity contribution in [1.82, 2.24) is 20.3 Å². The number of fused-ring (bicyclic) bond motifs is 3. The lowest BCUT2D eigenvalue weighted by molar-refractivity contribution is -0.123. The standard InChI is InChI=1S/C16H18N4O2/c21-13(12-6-9-1-2-10(12)5-9)7-18-16(22)14-11-3-4-17-15(11)20-8-19-14/h3-4,8-10,12H,1-2,5-7H2,(H,18,22)(H,17,19,20). The van der Waals surface area contributed by atoms with E-state index >= 15 is 0 Å². The van der Waals surface area contributed by atoms with Crippen LogP contribution in [-0.2, 0) is 4.79 Å². The Morgan fingerprint density at radius 3 is 2.95 bits per heavy atom. The maximum atomic E-state index is 12.3. The van der Waals surface area contributed by atoms with E-state index in [2.05, 4.69) is 20.3 Å². The molecule has 0 aliphatic heterocycles. The SMILES string of the molecule is O=C(NCC(=O)C1CC2CCC1C2)c1ncnc2[nH]ccc12. The fourth-order valence-electron chi connectivity index (χ4n) is 4.07. The Bertz CT molecular complexity index is 739. The number of nitrogens with one attached hydrogen (secondary N) is 2. The molecule has 114 valence electrons. The van der Waals surface area contributed by atoms with Crippen LogP contribution in [0.5, 0.6) is 0 Å². The number of aromatic nitrogens is 3. The molecule has 3 unspecified atom stereocenters. The number of H-pyrrole nitrogens is 1. The molecule has 2 bridgehead atoms. The van der Waals surface area contributed by atoms with Gasteiger partial charge in [-0.25, -0.2) is 9.97 Å². The molecule has 2 heterocycles. The fourth-order valence-corrected chi connectivity index (χ4v) is 4.07. The summed E-state index contributed by atoms with van der Waals surface area (Å²) in [6, 6.07) is 1.77. The molecule has 2 aromatic heterocycles. The highest BCUT2D eigenvalue weighted by Crippen LogP contribution is 2.48. The van der Waals surface area contributed by atoms with Crippen LogP contribution in [0.1, 0.15) is 36.2 Å². The first-order valence-corrected chi connectivity index (χ1v) is 7.81. The minimum absolute atomic E-state index is 0.0998. The third-order valence-electron chi connectivity index (χ3n) is 5.14. The number of carbonyl (C=O) groups excluding carboxylic acids is 2. The summed E-state index contributed by atoms with van der Waals surface area (Å²) < 4.78 is 0. The van der Waals surface area contributed by atoms with E-state index < -0.39 is 0 Å². The monoisotopic (exact) mass is 298 g/mol. The third-order valence-corrected chi connectivity index (χ3v) is 5.14. The maximum absolute atomic E-state index is 12.3. The molecule has 6 heteroatoms. The maximum Gasteiger partial charge on any atom is 0.271 e. The van der Waals surface area contributed by atoms with Crippen LogP contribution < -0.4 is 5.32 Å². The summed E-state index contributed by atoms with van der Waals surface area (Å²) >= 11 is 0. The van der Waals surface area contributed by atoms with Crippen molar-refractivity contribution in [2.75, 3.05) is 6.54 Å². The van der Waals surface area contributed by atoms with Gasteiger partial charge in [-0.15, -0.1) is 0 Å². The van der Waals surface area contributed by atoms with Crippen molar-refractivity contribution in [3.05, 3.63) is 24.3 Å². The second kappa shape index (κ2) is 5.19. The van der Waals surface area contributed by atoms with Crippen LogP contribution in [0.15, 0.2) is 18.6 Å². The van der Waals surface area contributed by atoms with E-state index in [1.54, 1.807) is 12.3 Å². The first kappa shape index (κ1) is 13.4. The molecule has 2 saturated carbocycles. The van der Waals surface area contributed by atoms with Crippen LogP contribution in [-0.4, -0.2) is 33.2 Å². The second-order valence-corrected chi connectivity index (χ2v) is 6.39. The molecule has 3 atom stereocenters. The van der Waals surface area contributed by atoms with Crippen molar-refractivity contribution >= 4 is 22.7 Å². The van der Waals surface area contributed by atoms with Gasteiger partial charge in [0.05, 0.1) is 11.9 Å². The molecule has 4 rings (SSSR count). The smallest absolute Gasteiger partial charge is 0.271 e. The van der Waals surface area contributed by atoms with E-state index in [0.29, 0.717) is 22.6 Å². The van der Waals surface area contributed by atoms with Crippen molar-refractivity contribution < 1.29 is 9.59 Å². The molecule has 0 spiro atoms. The van der Waals surface area contributed by atoms with Crippen LogP contribution in [0, 0.1) is 17.8 Å². The lowest BCUT2D eigenvalue weighted by Gasteiger charge is -2.20. The molecule has 0 saturated heterocycles. The zero-order valence-electron chi connectivity index (χ0n) is 12.2. The van der Waals surface area contributed by atoms with E-state index in [9.17, 15) is 9.59 Å². The Balaban J connectivity index is 1.42. The van der Waals surface area contributed by atoms with Gasteiger partial charge in [0, 0.05) is 12.1 Å². The number of Topliss-reactive ketones (excluding diaryl/α,β-unsaturated/α-hetero) is 1. The Kier molecular flexibility index (Phi) is 3.17. The van der Waals surface area contributed by atoms with Gasteiger partial charge in [-0.2, -0.15) is 0 Å². The predicted octanol–water partition coefficient (Wildman–Crippen LogP) is 1.69. The number of amides is 1. The summed E-state index contributed by atoms with van der Waals surface area (Å²) in [6.45, 7) is 0.0998. The van der Waals surface area contributed by atoms with Gasteiger partial charge < -0.3 is 10.3 Å². The first-order chi connectivity index (χ1) is 10.7. The molecule has 2 N–H and O–H groups in total. The summed E-state index contributed by atoms with van der Waals surface area (Å²) in [5.74, 6) is 1.28. The van der Waals surface area contributed by atoms with Gasteiger partial charge in [0.1, 0.15) is 17.7 Å². The highest BCUT2D eigenvalue weighted by Gasteiger charge is 2.42. The Labute approximate surface area is 127 Å². The molecule has 2 aliphatic rings. The fraction of sp³-hybridized carbons (Fsp3) is 0.500. The number of hydrogen-bond donors (Lipinski definition) is 2. The quantitative estimate of drug-likeness (QED) is 0.899. The summed E-state index contributed by atoms with van der Waals surface area (Å²) in [6.07, 6.45) is 7.72. The van der Waals surface area contributed by atoms with Crippen LogP contribution in [0.2, 0.25) is 0 Å². The van der Waals surface area contributed by atoms with Crippen LogP contribution in [0.3, 0.4) is 0 Å². The van der Waals surface area contributed by atoms with Crippen LogP contribution in [0.4, 0.5) is 0 Å². The van der Waals surface area contributed by atoms with Crippen molar-refractivity contribution in [3.8, 4) is 0 Å². The summed E-state index contributed by atoms with van der Waals surface area (Å²) in [5.41, 5.74) is 0.937. The zero-order chi connectivity index (χ0) is 15.1. The van der Waals surface area contributed by atoms with Gasteiger partial charge >= 0.3 is 0 Å². The van der Waals surface area contributed by atoms with Crippen LogP contribution >= 0.6 is 0 Å². The van der Waals surface area contributed by atoms with Crippen molar-refractivity contribution in [2.24, 2.45) is 17.8 Å². The van der Waals surface area contributed by atoms with E-state index in [1.165, 1.54) is 25.6 Å². The molecule has 22 heavy (non-hydrogen) atoms. The number of ketones is 1. The Hall–Kier alpha value is -2.24. The normalized spacial score (nSPS) is 26.5. The minimum Gasteiger partial charge on any atom is -0.346 e. The van der Waals surface area contributed by atoms with Gasteiger partial charge in [0.15, 0.2) is 5.78 Å². The molecule has 2 aliphatic carbocycles. The first-order valence-electron chi connectivity index (χ1n) is 7.81. The van der Waals surface area contributed by atoms with Gasteiger partial charge in [-0.05, 0) is 37.2 Å². The molecular formula is C16H18N4O2. The lowest BCUT2D eigenvalue weighted by atomic mass is 9.85. The third kappa shape index (κ3) is 2.19. The highest BCUT2D eigenvalue weighted by molar-refractivity contribution is 6.04. The van der Waals surface area contributed by atoms with Crippen molar-refractivity contribution in [1.29, 1.82) is 0 Å². The minimum atomic E-state index is -0.316. The average Bonchev–Trinajstić information content (AvgIpc) is 3.26. The highest BCUT2D eigenvalue weighted by atomic mass is 16.2. The number of hydrogen-bond acceptors (Lipinski definition) is 4. The van der Waals surface area contributed by atoms with Crippen LogP contribution in [0.25, 0.3) is 11.0 Å². The Morgan fingerprint density at radius 2 is 2.18 bits per heavy atom. The number of carbonyl (C=O) groups is 2. The zero-order valence-corrected chi connectivity index (χ0v) is 12.2. The predicted molar refractivity (Wildman–Crippen MR) is 80.2 cm³/mol. The van der Waals surface area contributed by atoms with Gasteiger partial charge in [-0.3, -0.25) is 9.59 Å². The summed E-state index contributed by atoms with van der Waals surface area (Å²) in [5, 5.41) is 3.40. The van der Waals surface area contributed by atoms with Gasteiger partial charge in [0.2, 0.25) is 0 Å². The van der Waals surface area contributed by atoms with E-state index in [1.807, 2.05) is 0 Å².